The molecule has 0 fully saturated rings. The van der Waals surface area contributed by atoms with Crippen molar-refractivity contribution in [2.75, 3.05) is 20.7 Å². The van der Waals surface area contributed by atoms with Crippen molar-refractivity contribution in [3.8, 4) is 0 Å². The summed E-state index contributed by atoms with van der Waals surface area (Å²) >= 11 is 0. The number of hydrogen-bond acceptors (Lipinski definition) is 6. The van der Waals surface area contributed by atoms with Gasteiger partial charge < -0.3 is 15.0 Å². The summed E-state index contributed by atoms with van der Waals surface area (Å²) in [7, 11) is -0.934. The molecule has 1 atom stereocenters. The predicted octanol–water partition coefficient (Wildman–Crippen LogP) is 11.6. The van der Waals surface area contributed by atoms with Gasteiger partial charge in [-0.3, -0.25) is 0 Å². The van der Waals surface area contributed by atoms with Crippen LogP contribution in [0.25, 0.3) is 0 Å². The third-order valence-corrected chi connectivity index (χ3v) is 9.96. The second-order valence-electron chi connectivity index (χ2n) is 15.0. The Bertz CT molecular complexity index is 723. The maximum atomic E-state index is 11.1. The van der Waals surface area contributed by atoms with Gasteiger partial charge in [0.05, 0.1) is 19.7 Å². The minimum Gasteiger partial charge on any atom is -0.724 e. The molecular weight excluding hydrogens is 635 g/mol. The van der Waals surface area contributed by atoms with Gasteiger partial charge in [0, 0.05) is 0 Å². The first kappa shape index (κ1) is 50.9. The summed E-state index contributed by atoms with van der Waals surface area (Å²) in [4.78, 5) is 4.68. The zero-order valence-electron chi connectivity index (χ0n) is 33.4. The molecule has 49 heavy (non-hydrogen) atoms. The van der Waals surface area contributed by atoms with E-state index in [1.165, 1.54) is 173 Å². The highest BCUT2D eigenvalue weighted by atomic mass is 32.3. The summed E-state index contributed by atoms with van der Waals surface area (Å²) in [6.07, 6.45) is 43.9. The van der Waals surface area contributed by atoms with E-state index in [4.69, 9.17) is 0 Å². The summed E-state index contributed by atoms with van der Waals surface area (Å²) in [6.45, 7) is 4.26. The minimum atomic E-state index is -4.93. The van der Waals surface area contributed by atoms with E-state index in [0.29, 0.717) is 12.8 Å². The van der Waals surface area contributed by atoms with Crippen molar-refractivity contribution in [3.63, 3.8) is 0 Å². The van der Waals surface area contributed by atoms with Crippen molar-refractivity contribution < 1.29 is 32.6 Å². The molecular formula is C41H87NO6S. The van der Waals surface area contributed by atoms with Crippen LogP contribution in [0.5, 0.6) is 0 Å². The van der Waals surface area contributed by atoms with Crippen LogP contribution in [-0.4, -0.2) is 44.4 Å². The molecule has 8 heteroatoms. The molecule has 0 aliphatic heterocycles. The van der Waals surface area contributed by atoms with Crippen LogP contribution in [0.1, 0.15) is 239 Å². The summed E-state index contributed by atoms with van der Waals surface area (Å²) in [6, 6.07) is 0. The molecule has 1 unspecified atom stereocenters. The Labute approximate surface area is 307 Å². The molecule has 0 bridgehead atoms. The monoisotopic (exact) mass is 722 g/mol. The SMILES string of the molecule is CCCCCCCCCCCCCCCCCCCC(O)(CCCCCCCCCCCCCCCCCC)COOS(=O)(=O)[O-].C[NH2+]C. The largest absolute Gasteiger partial charge is 0.724 e. The van der Waals surface area contributed by atoms with Crippen LogP contribution in [0.3, 0.4) is 0 Å². The first-order valence-corrected chi connectivity index (χ1v) is 22.8. The molecule has 7 nitrogen and oxygen atoms in total. The summed E-state index contributed by atoms with van der Waals surface area (Å²) in [5, 5.41) is 13.1. The lowest BCUT2D eigenvalue weighted by Gasteiger charge is -2.27. The lowest BCUT2D eigenvalue weighted by atomic mass is 9.90. The van der Waals surface area contributed by atoms with Crippen molar-refractivity contribution in [2.45, 2.75) is 244 Å². The van der Waals surface area contributed by atoms with Gasteiger partial charge in [0.2, 0.25) is 10.4 Å². The van der Waals surface area contributed by atoms with Gasteiger partial charge in [-0.25, -0.2) is 13.3 Å². The molecule has 0 heterocycles. The quantitative estimate of drug-likeness (QED) is 0.0215. The Morgan fingerprint density at radius 1 is 0.469 bits per heavy atom. The van der Waals surface area contributed by atoms with E-state index in [0.717, 1.165) is 38.5 Å². The Balaban J connectivity index is 0. The number of hydrogen-bond donors (Lipinski definition) is 2. The second-order valence-corrected chi connectivity index (χ2v) is 16.0. The van der Waals surface area contributed by atoms with Crippen molar-refractivity contribution in [2.24, 2.45) is 0 Å². The molecule has 0 aromatic carbocycles. The van der Waals surface area contributed by atoms with Gasteiger partial charge in [0.1, 0.15) is 6.61 Å². The molecule has 0 saturated heterocycles. The average Bonchev–Trinajstić information content (AvgIpc) is 3.06. The van der Waals surface area contributed by atoms with E-state index < -0.39 is 16.0 Å². The zero-order valence-corrected chi connectivity index (χ0v) is 34.2. The molecule has 0 aliphatic rings. The van der Waals surface area contributed by atoms with Gasteiger partial charge in [0.15, 0.2) is 0 Å². The number of nitrogens with two attached hydrogens (primary N) is 1. The van der Waals surface area contributed by atoms with Gasteiger partial charge in [-0.15, -0.1) is 4.33 Å². The minimum absolute atomic E-state index is 0.286. The molecule has 0 aromatic heterocycles. The molecule has 0 rings (SSSR count). The molecule has 0 radical (unpaired) electrons. The van der Waals surface area contributed by atoms with Crippen molar-refractivity contribution in [3.05, 3.63) is 0 Å². The normalized spacial score (nSPS) is 12.9. The second kappa shape index (κ2) is 40.5. The van der Waals surface area contributed by atoms with Crippen LogP contribution in [0.15, 0.2) is 0 Å². The highest BCUT2D eigenvalue weighted by Crippen LogP contribution is 2.25. The van der Waals surface area contributed by atoms with Crippen molar-refractivity contribution in [1.82, 2.24) is 0 Å². The standard InChI is InChI=1S/C39H80O6S.C2H7N/c1-3-5-7-9-11-13-15-17-19-21-23-25-27-29-31-33-35-37-39(40,38-44-45-46(41,42)43)36-34-32-30-28-26-24-22-20-18-16-14-12-10-8-6-4-2;1-3-2/h40H,3-38H2,1-2H3,(H,41,42,43);3H,1-2H3. The van der Waals surface area contributed by atoms with Crippen LogP contribution < -0.4 is 5.32 Å². The number of rotatable bonds is 39. The molecule has 0 aromatic rings. The maximum absolute atomic E-state index is 11.1. The van der Waals surface area contributed by atoms with Crippen LogP contribution in [0, 0.1) is 0 Å². The number of aliphatic hydroxyl groups is 1. The van der Waals surface area contributed by atoms with Crippen molar-refractivity contribution in [1.29, 1.82) is 0 Å². The van der Waals surface area contributed by atoms with Gasteiger partial charge >= 0.3 is 0 Å². The highest BCUT2D eigenvalue weighted by Gasteiger charge is 2.27. The predicted molar refractivity (Wildman–Crippen MR) is 208 cm³/mol. The first-order chi connectivity index (χ1) is 23.7. The fraction of sp³-hybridized carbons (Fsp3) is 1.00. The molecule has 298 valence electrons. The number of unbranched alkanes of at least 4 members (excludes halogenated alkanes) is 31. The van der Waals surface area contributed by atoms with Crippen LogP contribution in [0.4, 0.5) is 0 Å². The van der Waals surface area contributed by atoms with E-state index >= 15 is 0 Å². The summed E-state index contributed by atoms with van der Waals surface area (Å²) in [5.74, 6) is 0. The van der Waals surface area contributed by atoms with Gasteiger partial charge in [0.25, 0.3) is 0 Å². The summed E-state index contributed by atoms with van der Waals surface area (Å²) < 4.78 is 36.3. The van der Waals surface area contributed by atoms with E-state index in [-0.39, 0.29) is 6.61 Å². The number of quaternary nitrogens is 1. The molecule has 0 spiro atoms. The average molecular weight is 722 g/mol. The van der Waals surface area contributed by atoms with Gasteiger partial charge in [-0.2, -0.15) is 0 Å². The van der Waals surface area contributed by atoms with Crippen LogP contribution >= 0.6 is 0 Å². The van der Waals surface area contributed by atoms with E-state index in [1.54, 1.807) is 0 Å². The lowest BCUT2D eigenvalue weighted by molar-refractivity contribution is -0.597. The van der Waals surface area contributed by atoms with Gasteiger partial charge in [-0.05, 0) is 12.8 Å². The van der Waals surface area contributed by atoms with E-state index in [2.05, 4.69) is 23.1 Å². The molecule has 0 saturated carbocycles. The summed E-state index contributed by atoms with van der Waals surface area (Å²) in [5.41, 5.74) is -1.16. The maximum Gasteiger partial charge on any atom is 0.245 e. The smallest absolute Gasteiger partial charge is 0.245 e. The first-order valence-electron chi connectivity index (χ1n) is 21.5. The van der Waals surface area contributed by atoms with Crippen LogP contribution in [-0.2, 0) is 19.6 Å². The highest BCUT2D eigenvalue weighted by molar-refractivity contribution is 7.80. The van der Waals surface area contributed by atoms with E-state index in [1.807, 2.05) is 19.4 Å². The fourth-order valence-corrected chi connectivity index (χ4v) is 6.81. The van der Waals surface area contributed by atoms with Crippen molar-refractivity contribution >= 4 is 10.4 Å². The zero-order chi connectivity index (χ0) is 36.6. The van der Waals surface area contributed by atoms with Gasteiger partial charge in [-0.1, -0.05) is 226 Å². The fourth-order valence-electron chi connectivity index (χ4n) is 6.64. The Kier molecular flexibility index (Phi) is 42.1. The molecule has 0 amide bonds. The molecule has 3 N–H and O–H groups in total. The lowest BCUT2D eigenvalue weighted by Crippen LogP contribution is -2.74. The third kappa shape index (κ3) is 45.7. The topological polar surface area (TPSA) is 112 Å². The Morgan fingerprint density at radius 2 is 0.673 bits per heavy atom. The Morgan fingerprint density at radius 3 is 0.878 bits per heavy atom. The van der Waals surface area contributed by atoms with E-state index in [9.17, 15) is 18.1 Å². The van der Waals surface area contributed by atoms with Crippen LogP contribution in [0.2, 0.25) is 0 Å². The molecule has 0 aliphatic carbocycles. The third-order valence-electron chi connectivity index (χ3n) is 9.70. The Hall–Kier alpha value is -0.250.